The zero-order valence-corrected chi connectivity index (χ0v) is 23.1. The molecule has 2 bridgehead atoms. The van der Waals surface area contributed by atoms with E-state index < -0.39 is 12.0 Å². The van der Waals surface area contributed by atoms with Crippen molar-refractivity contribution in [2.75, 3.05) is 13.7 Å². The quantitative estimate of drug-likeness (QED) is 0.178. The van der Waals surface area contributed by atoms with Gasteiger partial charge in [-0.15, -0.1) is 0 Å². The third kappa shape index (κ3) is 6.97. The van der Waals surface area contributed by atoms with Gasteiger partial charge >= 0.3 is 5.97 Å². The second kappa shape index (κ2) is 13.2. The van der Waals surface area contributed by atoms with Gasteiger partial charge in [0, 0.05) is 18.4 Å². The molecule has 3 fully saturated rings. The predicted octanol–water partition coefficient (Wildman–Crippen LogP) is 6.25. The number of carbonyl (C=O) groups is 2. The van der Waals surface area contributed by atoms with Gasteiger partial charge in [0.25, 0.3) is 0 Å². The van der Waals surface area contributed by atoms with Crippen LogP contribution >= 0.6 is 0 Å². The molecule has 5 unspecified atom stereocenters. The Hall–Kier alpha value is -2.54. The predicted molar refractivity (Wildman–Crippen MR) is 148 cm³/mol. The molecule has 0 spiro atoms. The van der Waals surface area contributed by atoms with Gasteiger partial charge in [-0.05, 0) is 60.9 Å². The maximum Gasteiger partial charge on any atom is 0.330 e. The van der Waals surface area contributed by atoms with Gasteiger partial charge in [0.15, 0.2) is 11.7 Å². The number of rotatable bonds is 12. The number of carbonyl (C=O) groups excluding carboxylic acids is 2. The minimum absolute atomic E-state index is 0.00927. The number of unbranched alkanes of at least 4 members (excludes halogenated alkanes) is 2. The van der Waals surface area contributed by atoms with E-state index >= 15 is 0 Å². The Morgan fingerprint density at radius 3 is 2.72 bits per heavy atom. The van der Waals surface area contributed by atoms with Crippen LogP contribution in [0.1, 0.15) is 88.2 Å². The molecule has 0 N–H and O–H groups in total. The highest BCUT2D eigenvalue weighted by atomic mass is 19.1. The van der Waals surface area contributed by atoms with Crippen molar-refractivity contribution in [3.63, 3.8) is 0 Å². The van der Waals surface area contributed by atoms with E-state index in [-0.39, 0.29) is 35.6 Å². The molecular formula is C32H42FNO5. The second-order valence-corrected chi connectivity index (χ2v) is 11.7. The van der Waals surface area contributed by atoms with Crippen molar-refractivity contribution in [1.29, 1.82) is 0 Å². The number of ketones is 1. The van der Waals surface area contributed by atoms with Crippen molar-refractivity contribution in [3.8, 4) is 0 Å². The number of ether oxygens (including phenoxy) is 3. The fourth-order valence-corrected chi connectivity index (χ4v) is 7.06. The lowest BCUT2D eigenvalue weighted by molar-refractivity contribution is -0.134. The van der Waals surface area contributed by atoms with E-state index in [4.69, 9.17) is 19.2 Å². The molecule has 5 atom stereocenters. The molecule has 1 aromatic carbocycles. The Morgan fingerprint density at radius 2 is 1.90 bits per heavy atom. The summed E-state index contributed by atoms with van der Waals surface area (Å²) in [6.45, 7) is 0.309. The molecule has 0 radical (unpaired) electrons. The Kier molecular flexibility index (Phi) is 9.49. The fourth-order valence-electron chi connectivity index (χ4n) is 7.06. The summed E-state index contributed by atoms with van der Waals surface area (Å²) in [5, 5.41) is 0. The third-order valence-corrected chi connectivity index (χ3v) is 9.17. The number of Topliss-reactive ketones (excluding diaryl/α,β-unsaturated/α-hetero) is 1. The van der Waals surface area contributed by atoms with E-state index in [1.54, 1.807) is 12.1 Å². The smallest absolute Gasteiger partial charge is 0.330 e. The Balaban J connectivity index is 1.18. The first kappa shape index (κ1) is 28.0. The van der Waals surface area contributed by atoms with E-state index in [0.717, 1.165) is 42.7 Å². The van der Waals surface area contributed by atoms with E-state index in [1.807, 2.05) is 0 Å². The number of nitrogens with zero attached hydrogens (tertiary/aromatic N) is 1. The number of benzene rings is 1. The molecule has 39 heavy (non-hydrogen) atoms. The van der Waals surface area contributed by atoms with Crippen molar-refractivity contribution in [3.05, 3.63) is 41.2 Å². The average molecular weight is 540 g/mol. The number of fused-ring (bicyclic) bond motifs is 2. The molecule has 212 valence electrons. The summed E-state index contributed by atoms with van der Waals surface area (Å²) in [5.74, 6) is 0.948. The summed E-state index contributed by atoms with van der Waals surface area (Å²) in [6.07, 6.45) is 17.6. The van der Waals surface area contributed by atoms with E-state index in [9.17, 15) is 14.0 Å². The minimum atomic E-state index is -0.458. The summed E-state index contributed by atoms with van der Waals surface area (Å²) in [7, 11) is 1.33. The zero-order chi connectivity index (χ0) is 27.2. The van der Waals surface area contributed by atoms with Crippen molar-refractivity contribution in [2.24, 2.45) is 22.7 Å². The van der Waals surface area contributed by atoms with Crippen molar-refractivity contribution in [2.45, 2.75) is 102 Å². The van der Waals surface area contributed by atoms with Crippen LogP contribution in [0.2, 0.25) is 0 Å². The van der Waals surface area contributed by atoms with Crippen molar-refractivity contribution >= 4 is 23.7 Å². The highest BCUT2D eigenvalue weighted by Gasteiger charge is 2.53. The average Bonchev–Trinajstić information content (AvgIpc) is 3.70. The van der Waals surface area contributed by atoms with Crippen LogP contribution in [-0.4, -0.2) is 49.6 Å². The summed E-state index contributed by atoms with van der Waals surface area (Å²) >= 11 is 0. The Labute approximate surface area is 231 Å². The minimum Gasteiger partial charge on any atom is -0.478 e. The lowest BCUT2D eigenvalue weighted by atomic mass is 9.75. The van der Waals surface area contributed by atoms with Gasteiger partial charge in [0.1, 0.15) is 18.5 Å². The molecule has 1 saturated carbocycles. The third-order valence-electron chi connectivity index (χ3n) is 9.17. The lowest BCUT2D eigenvalue weighted by Gasteiger charge is -2.28. The maximum atomic E-state index is 14.2. The van der Waals surface area contributed by atoms with Gasteiger partial charge in [-0.25, -0.2) is 14.2 Å². The summed E-state index contributed by atoms with van der Waals surface area (Å²) < 4.78 is 31.2. The van der Waals surface area contributed by atoms with E-state index in [1.165, 1.54) is 70.3 Å². The largest absolute Gasteiger partial charge is 0.478 e. The molecule has 7 heteroatoms. The summed E-state index contributed by atoms with van der Waals surface area (Å²) in [6, 6.07) is 4.18. The van der Waals surface area contributed by atoms with E-state index in [2.05, 4.69) is 0 Å². The van der Waals surface area contributed by atoms with Gasteiger partial charge < -0.3 is 14.2 Å². The number of esters is 1. The SMILES string of the molecule is COC(=O)/C=C/c1ccc(F)cc1CC1C2CCC(O2)C1C1=NC(C(=O)CCCCCC2CCCCC2)CO1. The van der Waals surface area contributed by atoms with Crippen LogP contribution in [-0.2, 0) is 30.2 Å². The number of hydrogen-bond acceptors (Lipinski definition) is 6. The van der Waals surface area contributed by atoms with Gasteiger partial charge in [0.2, 0.25) is 0 Å². The van der Waals surface area contributed by atoms with Crippen molar-refractivity contribution < 1.29 is 28.2 Å². The molecule has 0 amide bonds. The molecule has 4 aliphatic rings. The van der Waals surface area contributed by atoms with Gasteiger partial charge in [0.05, 0.1) is 25.2 Å². The highest BCUT2D eigenvalue weighted by Crippen LogP contribution is 2.46. The molecule has 1 aromatic rings. The Morgan fingerprint density at radius 1 is 1.08 bits per heavy atom. The second-order valence-electron chi connectivity index (χ2n) is 11.7. The molecule has 1 aliphatic carbocycles. The van der Waals surface area contributed by atoms with Crippen LogP contribution < -0.4 is 0 Å². The van der Waals surface area contributed by atoms with Crippen LogP contribution in [0.5, 0.6) is 0 Å². The number of methoxy groups -OCH3 is 1. The van der Waals surface area contributed by atoms with Crippen LogP contribution in [0.25, 0.3) is 6.08 Å². The van der Waals surface area contributed by atoms with Crippen LogP contribution in [0, 0.1) is 23.6 Å². The molecule has 5 rings (SSSR count). The first-order chi connectivity index (χ1) is 19.0. The maximum absolute atomic E-state index is 14.2. The molecule has 3 heterocycles. The van der Waals surface area contributed by atoms with Crippen LogP contribution in [0.3, 0.4) is 0 Å². The molecule has 6 nitrogen and oxygen atoms in total. The fraction of sp³-hybridized carbons (Fsp3) is 0.656. The van der Waals surface area contributed by atoms with Gasteiger partial charge in [-0.1, -0.05) is 57.4 Å². The normalized spacial score (nSPS) is 28.6. The number of halogens is 1. The van der Waals surface area contributed by atoms with Gasteiger partial charge in [-0.2, -0.15) is 0 Å². The number of hydrogen-bond donors (Lipinski definition) is 0. The summed E-state index contributed by atoms with van der Waals surface area (Å²) in [4.78, 5) is 29.3. The zero-order valence-electron chi connectivity index (χ0n) is 23.1. The standard InChI is InChI=1S/C32H42FNO5/c1-37-30(36)17-13-22-12-14-24(33)18-23(22)19-25-28-15-16-29(39-28)31(25)32-34-26(20-38-32)27(35)11-7-3-6-10-21-8-4-2-5-9-21/h12-14,17-18,21,25-26,28-29,31H,2-11,15-16,19-20H2,1H3/b17-13+. The van der Waals surface area contributed by atoms with Gasteiger partial charge in [-0.3, -0.25) is 4.79 Å². The molecule has 2 saturated heterocycles. The monoisotopic (exact) mass is 539 g/mol. The lowest BCUT2D eigenvalue weighted by Crippen LogP contribution is -2.35. The van der Waals surface area contributed by atoms with Crippen LogP contribution in [0.15, 0.2) is 29.3 Å². The molecular weight excluding hydrogens is 497 g/mol. The van der Waals surface area contributed by atoms with Crippen LogP contribution in [0.4, 0.5) is 4.39 Å². The summed E-state index contributed by atoms with van der Waals surface area (Å²) in [5.41, 5.74) is 1.58. The Bertz CT molecular complexity index is 1080. The highest BCUT2D eigenvalue weighted by molar-refractivity contribution is 5.91. The number of aliphatic imine (C=N–C) groups is 1. The van der Waals surface area contributed by atoms with Crippen molar-refractivity contribution in [1.82, 2.24) is 0 Å². The van der Waals surface area contributed by atoms with E-state index in [0.29, 0.717) is 25.3 Å². The molecule has 3 aliphatic heterocycles. The first-order valence-electron chi connectivity index (χ1n) is 14.9. The topological polar surface area (TPSA) is 74.2 Å². The first-order valence-corrected chi connectivity index (χ1v) is 14.9. The molecule has 0 aromatic heterocycles.